The molecule has 0 bridgehead atoms. The van der Waals surface area contributed by atoms with E-state index < -0.39 is 21.9 Å². The summed E-state index contributed by atoms with van der Waals surface area (Å²) in [5.74, 6) is 0. The van der Waals surface area contributed by atoms with Crippen molar-refractivity contribution in [3.8, 4) is 0 Å². The first-order chi connectivity index (χ1) is 10.8. The molecule has 0 unspecified atom stereocenters. The molecule has 1 aromatic rings. The van der Waals surface area contributed by atoms with Gasteiger partial charge < -0.3 is 15.4 Å². The molecule has 0 aliphatic rings. The van der Waals surface area contributed by atoms with E-state index in [1.54, 1.807) is 41.7 Å². The van der Waals surface area contributed by atoms with E-state index in [1.807, 2.05) is 0 Å². The number of nitrogens with one attached hydrogen (secondary N) is 2. The van der Waals surface area contributed by atoms with Crippen LogP contribution in [0.5, 0.6) is 0 Å². The van der Waals surface area contributed by atoms with Gasteiger partial charge in [-0.2, -0.15) is 8.42 Å². The lowest BCUT2D eigenvalue weighted by Crippen LogP contribution is -2.32. The van der Waals surface area contributed by atoms with Gasteiger partial charge in [0.2, 0.25) is 0 Å². The lowest BCUT2D eigenvalue weighted by atomic mass is 9.97. The van der Waals surface area contributed by atoms with Crippen molar-refractivity contribution in [1.82, 2.24) is 5.32 Å². The molecule has 136 valence electrons. The Morgan fingerprint density at radius 3 is 2.08 bits per heavy atom. The van der Waals surface area contributed by atoms with Crippen LogP contribution in [0.2, 0.25) is 0 Å². The number of alkyl carbamates (subject to hydrolysis) is 1. The number of amides is 1. The maximum absolute atomic E-state index is 13.7. The predicted octanol–water partition coefficient (Wildman–Crippen LogP) is 3.34. The molecule has 1 amide bonds. The van der Waals surface area contributed by atoms with E-state index in [0.29, 0.717) is 16.8 Å². The number of rotatable bonds is 4. The average Bonchev–Trinajstić information content (AvgIpc) is 2.34. The van der Waals surface area contributed by atoms with Crippen LogP contribution in [0.25, 0.3) is 0 Å². The molecule has 1 aromatic carbocycles. The fourth-order valence-electron chi connectivity index (χ4n) is 2.73. The van der Waals surface area contributed by atoms with Gasteiger partial charge in [-0.05, 0) is 63.8 Å². The summed E-state index contributed by atoms with van der Waals surface area (Å²) in [7, 11) is -3.26. The molecule has 1 rings (SSSR count). The van der Waals surface area contributed by atoms with Crippen LogP contribution in [0.4, 0.5) is 14.4 Å². The molecule has 0 saturated carbocycles. The highest BCUT2D eigenvalue weighted by molar-refractivity contribution is 7.86. The van der Waals surface area contributed by atoms with E-state index in [2.05, 4.69) is 10.6 Å². The second kappa shape index (κ2) is 6.96. The first-order valence-electron chi connectivity index (χ1n) is 7.51. The maximum atomic E-state index is 13.7. The minimum Gasteiger partial charge on any atom is -0.444 e. The number of hydrogen-bond donors (Lipinski definition) is 2. The van der Waals surface area contributed by atoms with Crippen molar-refractivity contribution in [2.45, 2.75) is 58.6 Å². The van der Waals surface area contributed by atoms with Gasteiger partial charge in [0.25, 0.3) is 0 Å². The second-order valence-corrected chi connectivity index (χ2v) is 7.88. The smallest absolute Gasteiger partial charge is 0.407 e. The van der Waals surface area contributed by atoms with Gasteiger partial charge in [-0.3, -0.25) is 0 Å². The number of anilines is 1. The Morgan fingerprint density at radius 2 is 1.67 bits per heavy atom. The minimum absolute atomic E-state index is 0.0318. The molecule has 0 saturated heterocycles. The summed E-state index contributed by atoms with van der Waals surface area (Å²) in [4.78, 5) is 11.5. The minimum atomic E-state index is -4.89. The fourth-order valence-corrected chi connectivity index (χ4v) is 3.68. The van der Waals surface area contributed by atoms with Gasteiger partial charge in [0.05, 0.1) is 0 Å². The number of hydrogen-bond acceptors (Lipinski definition) is 5. The molecule has 8 heteroatoms. The molecule has 0 aliphatic heterocycles. The highest BCUT2D eigenvalue weighted by Crippen LogP contribution is 2.34. The number of carbonyl (C=O) groups excluding carboxylic acids is 1. The van der Waals surface area contributed by atoms with Crippen LogP contribution < -0.4 is 10.6 Å². The molecule has 2 N–H and O–H groups in total. The van der Waals surface area contributed by atoms with Crippen LogP contribution in [0.1, 0.15) is 43.0 Å². The summed E-state index contributed by atoms with van der Waals surface area (Å²) >= 11 is 0. The highest BCUT2D eigenvalue weighted by atomic mass is 32.3. The Morgan fingerprint density at radius 1 is 1.12 bits per heavy atom. The third kappa shape index (κ3) is 4.59. The van der Waals surface area contributed by atoms with Crippen LogP contribution in [0, 0.1) is 20.8 Å². The summed E-state index contributed by atoms with van der Waals surface area (Å²) in [5, 5.41) is 5.47. The molecule has 0 radical (unpaired) electrons. The summed E-state index contributed by atoms with van der Waals surface area (Å²) in [6.07, 6.45) is -0.627. The van der Waals surface area contributed by atoms with Gasteiger partial charge in [-0.1, -0.05) is 0 Å². The molecule has 6 nitrogen and oxygen atoms in total. The first kappa shape index (κ1) is 20.2. The fraction of sp³-hybridized carbons (Fsp3) is 0.562. The molecule has 0 atom stereocenters. The van der Waals surface area contributed by atoms with Crippen LogP contribution in [0.15, 0.2) is 4.90 Å². The summed E-state index contributed by atoms with van der Waals surface area (Å²) in [6.45, 7) is 10.1. The van der Waals surface area contributed by atoms with E-state index in [-0.39, 0.29) is 17.0 Å². The number of carbonyl (C=O) groups is 1. The summed E-state index contributed by atoms with van der Waals surface area (Å²) in [5.41, 5.74) is 1.75. The average molecular weight is 360 g/mol. The largest absolute Gasteiger partial charge is 0.444 e. The van der Waals surface area contributed by atoms with Crippen LogP contribution in [0.3, 0.4) is 0 Å². The molecular formula is C16H25FN2O4S. The van der Waals surface area contributed by atoms with Crippen molar-refractivity contribution < 1.29 is 21.8 Å². The van der Waals surface area contributed by atoms with Gasteiger partial charge in [0, 0.05) is 19.3 Å². The molecule has 0 aliphatic carbocycles. The van der Waals surface area contributed by atoms with Crippen molar-refractivity contribution >= 4 is 22.0 Å². The number of benzene rings is 1. The number of halogens is 1. The maximum Gasteiger partial charge on any atom is 0.407 e. The Kier molecular flexibility index (Phi) is 5.86. The van der Waals surface area contributed by atoms with Gasteiger partial charge in [-0.15, -0.1) is 3.89 Å². The molecule has 0 aromatic heterocycles. The number of ether oxygens (including phenoxy) is 1. The van der Waals surface area contributed by atoms with E-state index >= 15 is 0 Å². The van der Waals surface area contributed by atoms with Crippen LogP contribution in [-0.2, 0) is 21.5 Å². The Bertz CT molecular complexity index is 753. The Hall–Kier alpha value is -1.83. The lowest BCUT2D eigenvalue weighted by molar-refractivity contribution is 0.0523. The molecule has 24 heavy (non-hydrogen) atoms. The van der Waals surface area contributed by atoms with Crippen LogP contribution >= 0.6 is 0 Å². The molecular weight excluding hydrogens is 335 g/mol. The molecule has 0 fully saturated rings. The van der Waals surface area contributed by atoms with Crippen LogP contribution in [-0.4, -0.2) is 27.2 Å². The zero-order chi connectivity index (χ0) is 18.9. The van der Waals surface area contributed by atoms with Gasteiger partial charge in [0.15, 0.2) is 0 Å². The summed E-state index contributed by atoms with van der Waals surface area (Å²) in [6, 6.07) is 0. The monoisotopic (exact) mass is 360 g/mol. The predicted molar refractivity (Wildman–Crippen MR) is 91.6 cm³/mol. The standard InChI is InChI=1S/C16H25FN2O4S/c1-9-12(8-19-15(20)23-16(4,5)6)10(2)14(24(17,21)22)11(3)13(9)18-7/h18H,8H2,1-7H3,(H,19,20). The van der Waals surface area contributed by atoms with E-state index in [9.17, 15) is 17.1 Å². The van der Waals surface area contributed by atoms with Crippen molar-refractivity contribution in [3.63, 3.8) is 0 Å². The zero-order valence-corrected chi connectivity index (χ0v) is 15.9. The van der Waals surface area contributed by atoms with Crippen molar-refractivity contribution in [3.05, 3.63) is 22.3 Å². The first-order valence-corrected chi connectivity index (χ1v) is 8.89. The zero-order valence-electron chi connectivity index (χ0n) is 15.1. The second-order valence-electron chi connectivity index (χ2n) is 6.60. The topological polar surface area (TPSA) is 84.5 Å². The highest BCUT2D eigenvalue weighted by Gasteiger charge is 2.26. The molecule has 0 spiro atoms. The third-order valence-corrected chi connectivity index (χ3v) is 4.74. The third-order valence-electron chi connectivity index (χ3n) is 3.64. The van der Waals surface area contributed by atoms with E-state index in [0.717, 1.165) is 5.56 Å². The molecule has 0 heterocycles. The van der Waals surface area contributed by atoms with Crippen molar-refractivity contribution in [2.75, 3.05) is 12.4 Å². The van der Waals surface area contributed by atoms with E-state index in [4.69, 9.17) is 4.74 Å². The lowest BCUT2D eigenvalue weighted by Gasteiger charge is -2.22. The van der Waals surface area contributed by atoms with Gasteiger partial charge >= 0.3 is 16.3 Å². The Labute approximate surface area is 143 Å². The van der Waals surface area contributed by atoms with Crippen molar-refractivity contribution in [1.29, 1.82) is 0 Å². The van der Waals surface area contributed by atoms with Gasteiger partial charge in [0.1, 0.15) is 10.5 Å². The SMILES string of the molecule is CNc1c(C)c(CNC(=O)OC(C)(C)C)c(C)c(S(=O)(=O)F)c1C. The normalized spacial score (nSPS) is 12.0. The van der Waals surface area contributed by atoms with E-state index in [1.165, 1.54) is 6.92 Å². The summed E-state index contributed by atoms with van der Waals surface area (Å²) < 4.78 is 41.9. The Balaban J connectivity index is 3.32. The van der Waals surface area contributed by atoms with Crippen molar-refractivity contribution in [2.24, 2.45) is 0 Å². The quantitative estimate of drug-likeness (QED) is 0.805. The van der Waals surface area contributed by atoms with Gasteiger partial charge in [-0.25, -0.2) is 4.79 Å².